The summed E-state index contributed by atoms with van der Waals surface area (Å²) in [6, 6.07) is 1.92. The zero-order valence-corrected chi connectivity index (χ0v) is 13.7. The Labute approximate surface area is 132 Å². The predicted molar refractivity (Wildman–Crippen MR) is 83.5 cm³/mol. The van der Waals surface area contributed by atoms with Crippen LogP contribution in [0.3, 0.4) is 0 Å². The molecule has 0 aromatic heterocycles. The Hall–Kier alpha value is -1.55. The molecule has 1 aliphatic heterocycles. The van der Waals surface area contributed by atoms with Gasteiger partial charge in [0.25, 0.3) is 5.91 Å². The fourth-order valence-electron chi connectivity index (χ4n) is 3.05. The third kappa shape index (κ3) is 4.47. The van der Waals surface area contributed by atoms with Crippen LogP contribution >= 0.6 is 0 Å². The van der Waals surface area contributed by atoms with Crippen molar-refractivity contribution in [1.29, 1.82) is 5.26 Å². The molecule has 1 amide bonds. The van der Waals surface area contributed by atoms with Gasteiger partial charge in [-0.3, -0.25) is 4.79 Å². The lowest BCUT2D eigenvalue weighted by Crippen LogP contribution is -2.37. The van der Waals surface area contributed by atoms with Crippen molar-refractivity contribution in [3.05, 3.63) is 11.8 Å². The number of amides is 1. The molecule has 1 saturated carbocycles. The van der Waals surface area contributed by atoms with Crippen molar-refractivity contribution in [2.75, 3.05) is 18.6 Å². The molecule has 7 heteroatoms. The highest BCUT2D eigenvalue weighted by Gasteiger charge is 2.30. The maximum absolute atomic E-state index is 12.2. The van der Waals surface area contributed by atoms with E-state index in [-0.39, 0.29) is 35.1 Å². The van der Waals surface area contributed by atoms with E-state index in [9.17, 15) is 18.5 Å². The summed E-state index contributed by atoms with van der Waals surface area (Å²) in [7, 11) is -1.26. The normalized spacial score (nSPS) is 25.5. The summed E-state index contributed by atoms with van der Waals surface area (Å²) in [5, 5.41) is 12.1. The van der Waals surface area contributed by atoms with Gasteiger partial charge >= 0.3 is 0 Å². The Morgan fingerprint density at radius 3 is 2.50 bits per heavy atom. The summed E-state index contributed by atoms with van der Waals surface area (Å²) in [6.07, 6.45) is 7.35. The highest BCUT2D eigenvalue weighted by atomic mass is 32.2. The zero-order chi connectivity index (χ0) is 16.2. The zero-order valence-electron chi connectivity index (χ0n) is 12.9. The molecule has 1 heterocycles. The van der Waals surface area contributed by atoms with Crippen molar-refractivity contribution in [3.8, 4) is 6.07 Å². The molecule has 0 spiro atoms. The summed E-state index contributed by atoms with van der Waals surface area (Å²) in [5.41, 5.74) is 0.0392. The minimum Gasteiger partial charge on any atom is -0.375 e. The first-order chi connectivity index (χ1) is 10.4. The first-order valence-corrected chi connectivity index (χ1v) is 9.58. The lowest BCUT2D eigenvalue weighted by atomic mass is 9.95. The Bertz CT molecular complexity index is 586. The van der Waals surface area contributed by atoms with E-state index in [1.54, 1.807) is 11.9 Å². The van der Waals surface area contributed by atoms with Gasteiger partial charge in [0.05, 0.1) is 11.5 Å². The first-order valence-electron chi connectivity index (χ1n) is 7.76. The SMILES string of the molecule is CN(/C=C(/C#N)C(=O)NC1CCCCC1)C1CCS(=O)(=O)C1. The second-order valence-corrected chi connectivity index (χ2v) is 8.41. The van der Waals surface area contributed by atoms with Crippen molar-refractivity contribution in [2.45, 2.75) is 50.6 Å². The third-order valence-electron chi connectivity index (χ3n) is 4.42. The topological polar surface area (TPSA) is 90.3 Å². The Balaban J connectivity index is 1.97. The summed E-state index contributed by atoms with van der Waals surface area (Å²) in [6.45, 7) is 0. The number of hydrogen-bond acceptors (Lipinski definition) is 5. The van der Waals surface area contributed by atoms with Crippen LogP contribution in [0.2, 0.25) is 0 Å². The average Bonchev–Trinajstić information content (AvgIpc) is 2.85. The maximum Gasteiger partial charge on any atom is 0.263 e. The van der Waals surface area contributed by atoms with E-state index < -0.39 is 9.84 Å². The summed E-state index contributed by atoms with van der Waals surface area (Å²) < 4.78 is 23.0. The van der Waals surface area contributed by atoms with E-state index >= 15 is 0 Å². The van der Waals surface area contributed by atoms with Gasteiger partial charge in [-0.05, 0) is 19.3 Å². The molecule has 2 fully saturated rings. The van der Waals surface area contributed by atoms with Crippen molar-refractivity contribution in [2.24, 2.45) is 0 Å². The quantitative estimate of drug-likeness (QED) is 0.614. The van der Waals surface area contributed by atoms with E-state index in [1.165, 1.54) is 12.6 Å². The van der Waals surface area contributed by atoms with Crippen LogP contribution in [0.25, 0.3) is 0 Å². The molecule has 122 valence electrons. The molecule has 1 N–H and O–H groups in total. The largest absolute Gasteiger partial charge is 0.375 e. The molecule has 1 aliphatic carbocycles. The Morgan fingerprint density at radius 1 is 1.27 bits per heavy atom. The monoisotopic (exact) mass is 325 g/mol. The lowest BCUT2D eigenvalue weighted by molar-refractivity contribution is -0.118. The molecule has 2 rings (SSSR count). The van der Waals surface area contributed by atoms with Crippen molar-refractivity contribution < 1.29 is 13.2 Å². The fourth-order valence-corrected chi connectivity index (χ4v) is 4.84. The van der Waals surface area contributed by atoms with Gasteiger partial charge in [-0.1, -0.05) is 19.3 Å². The molecule has 1 unspecified atom stereocenters. The van der Waals surface area contributed by atoms with Gasteiger partial charge in [0.2, 0.25) is 0 Å². The molecule has 2 aliphatic rings. The van der Waals surface area contributed by atoms with Gasteiger partial charge in [0.15, 0.2) is 9.84 Å². The maximum atomic E-state index is 12.2. The number of carbonyl (C=O) groups is 1. The van der Waals surface area contributed by atoms with Gasteiger partial charge in [0, 0.05) is 25.3 Å². The average molecular weight is 325 g/mol. The molecule has 0 radical (unpaired) electrons. The number of hydrogen-bond donors (Lipinski definition) is 1. The highest BCUT2D eigenvalue weighted by molar-refractivity contribution is 7.91. The fraction of sp³-hybridized carbons (Fsp3) is 0.733. The van der Waals surface area contributed by atoms with Crippen LogP contribution in [0.5, 0.6) is 0 Å². The van der Waals surface area contributed by atoms with Crippen molar-refractivity contribution >= 4 is 15.7 Å². The predicted octanol–water partition coefficient (Wildman–Crippen LogP) is 0.962. The van der Waals surface area contributed by atoms with E-state index in [2.05, 4.69) is 5.32 Å². The van der Waals surface area contributed by atoms with Crippen LogP contribution in [0.1, 0.15) is 38.5 Å². The smallest absolute Gasteiger partial charge is 0.263 e. The molecule has 1 saturated heterocycles. The number of nitrogens with one attached hydrogen (secondary N) is 1. The van der Waals surface area contributed by atoms with Crippen molar-refractivity contribution in [1.82, 2.24) is 10.2 Å². The summed E-state index contributed by atoms with van der Waals surface area (Å²) in [5.74, 6) is -0.100. The van der Waals surface area contributed by atoms with Gasteiger partial charge < -0.3 is 10.2 Å². The van der Waals surface area contributed by atoms with Gasteiger partial charge in [0.1, 0.15) is 11.6 Å². The summed E-state index contributed by atoms with van der Waals surface area (Å²) in [4.78, 5) is 13.9. The minimum atomic E-state index is -2.98. The van der Waals surface area contributed by atoms with Crippen molar-refractivity contribution in [3.63, 3.8) is 0 Å². The molecule has 0 aromatic rings. The molecule has 1 atom stereocenters. The second kappa shape index (κ2) is 7.14. The van der Waals surface area contributed by atoms with E-state index in [1.807, 2.05) is 6.07 Å². The minimum absolute atomic E-state index is 0.0392. The number of sulfone groups is 1. The third-order valence-corrected chi connectivity index (χ3v) is 6.17. The van der Waals surface area contributed by atoms with E-state index in [0.717, 1.165) is 25.7 Å². The van der Waals surface area contributed by atoms with Crippen LogP contribution in [-0.2, 0) is 14.6 Å². The van der Waals surface area contributed by atoms with Gasteiger partial charge in [-0.15, -0.1) is 0 Å². The number of nitrogens with zero attached hydrogens (tertiary/aromatic N) is 2. The molecule has 0 aromatic carbocycles. The van der Waals surface area contributed by atoms with Crippen LogP contribution in [0, 0.1) is 11.3 Å². The number of nitriles is 1. The standard InChI is InChI=1S/C15H23N3O3S/c1-18(14-7-8-22(20,21)11-14)10-12(9-16)15(19)17-13-5-3-2-4-6-13/h10,13-14H,2-8,11H2,1H3,(H,17,19)/b12-10-. The Kier molecular flexibility index (Phi) is 5.46. The van der Waals surface area contributed by atoms with Crippen LogP contribution in [-0.4, -0.2) is 49.9 Å². The highest BCUT2D eigenvalue weighted by Crippen LogP contribution is 2.19. The molecule has 0 bridgehead atoms. The molecular formula is C15H23N3O3S. The van der Waals surface area contributed by atoms with Gasteiger partial charge in [-0.25, -0.2) is 8.42 Å². The molecular weight excluding hydrogens is 302 g/mol. The van der Waals surface area contributed by atoms with E-state index in [0.29, 0.717) is 6.42 Å². The number of carbonyl (C=O) groups excluding carboxylic acids is 1. The molecule has 22 heavy (non-hydrogen) atoms. The van der Waals surface area contributed by atoms with E-state index in [4.69, 9.17) is 0 Å². The van der Waals surface area contributed by atoms with Crippen LogP contribution < -0.4 is 5.32 Å². The van der Waals surface area contributed by atoms with Crippen LogP contribution in [0.4, 0.5) is 0 Å². The number of rotatable bonds is 4. The van der Waals surface area contributed by atoms with Gasteiger partial charge in [-0.2, -0.15) is 5.26 Å². The Morgan fingerprint density at radius 2 is 1.95 bits per heavy atom. The lowest BCUT2D eigenvalue weighted by Gasteiger charge is -2.24. The van der Waals surface area contributed by atoms with Crippen LogP contribution in [0.15, 0.2) is 11.8 Å². The second-order valence-electron chi connectivity index (χ2n) is 6.19. The first kappa shape index (κ1) is 16.8. The molecule has 6 nitrogen and oxygen atoms in total. The summed E-state index contributed by atoms with van der Waals surface area (Å²) >= 11 is 0.